The zero-order chi connectivity index (χ0) is 17.3. The van der Waals surface area contributed by atoms with Gasteiger partial charge in [-0.2, -0.15) is 4.31 Å². The molecule has 2 aliphatic rings. The van der Waals surface area contributed by atoms with Crippen molar-refractivity contribution in [3.63, 3.8) is 0 Å². The highest BCUT2D eigenvalue weighted by atomic mass is 32.2. The second-order valence-electron chi connectivity index (χ2n) is 6.34. The van der Waals surface area contributed by atoms with Crippen LogP contribution in [0.3, 0.4) is 0 Å². The molecule has 4 rings (SSSR count). The van der Waals surface area contributed by atoms with Gasteiger partial charge < -0.3 is 10.1 Å². The smallest absolute Gasteiger partial charge is 0.243 e. The van der Waals surface area contributed by atoms with Crippen LogP contribution in [-0.2, 0) is 16.4 Å². The van der Waals surface area contributed by atoms with Crippen LogP contribution in [0, 0.1) is 0 Å². The lowest BCUT2D eigenvalue weighted by molar-refractivity contribution is 0.270. The van der Waals surface area contributed by atoms with Gasteiger partial charge in [-0.1, -0.05) is 6.07 Å². The van der Waals surface area contributed by atoms with Crippen molar-refractivity contribution in [3.05, 3.63) is 53.9 Å². The summed E-state index contributed by atoms with van der Waals surface area (Å²) in [6.07, 6.45) is 5.21. The Bertz CT molecular complexity index is 855. The minimum absolute atomic E-state index is 0.250. The normalized spacial score (nSPS) is 21.4. The van der Waals surface area contributed by atoms with Gasteiger partial charge in [0.2, 0.25) is 10.0 Å². The van der Waals surface area contributed by atoms with Crippen LogP contribution in [0.4, 0.5) is 0 Å². The standard InChI is InChI=1S/C18H21N3O3S/c22-25(23,16-5-6-18-14(11-16)4-2-10-24-18)21-9-8-20-13-17(21)15-3-1-7-19-12-15/h1,3,5-7,11-12,17,20H,2,4,8-10,13H2. The van der Waals surface area contributed by atoms with Crippen LogP contribution in [0.5, 0.6) is 5.75 Å². The molecule has 0 bridgehead atoms. The van der Waals surface area contributed by atoms with Crippen molar-refractivity contribution in [3.8, 4) is 5.75 Å². The van der Waals surface area contributed by atoms with Gasteiger partial charge in [-0.3, -0.25) is 4.98 Å². The number of nitrogens with zero attached hydrogens (tertiary/aromatic N) is 2. The van der Waals surface area contributed by atoms with Gasteiger partial charge in [-0.25, -0.2) is 8.42 Å². The van der Waals surface area contributed by atoms with E-state index in [1.165, 1.54) is 0 Å². The molecule has 1 saturated heterocycles. The summed E-state index contributed by atoms with van der Waals surface area (Å²) < 4.78 is 33.8. The summed E-state index contributed by atoms with van der Waals surface area (Å²) in [6, 6.07) is 8.72. The Hall–Kier alpha value is -1.96. The maximum Gasteiger partial charge on any atom is 0.243 e. The summed E-state index contributed by atoms with van der Waals surface area (Å²) in [4.78, 5) is 4.48. The number of nitrogens with one attached hydrogen (secondary N) is 1. The molecule has 1 unspecified atom stereocenters. The Kier molecular flexibility index (Phi) is 4.45. The molecular weight excluding hydrogens is 338 g/mol. The van der Waals surface area contributed by atoms with Crippen molar-refractivity contribution in [2.45, 2.75) is 23.8 Å². The molecule has 25 heavy (non-hydrogen) atoms. The molecule has 1 atom stereocenters. The van der Waals surface area contributed by atoms with Crippen LogP contribution in [-0.4, -0.2) is 43.9 Å². The van der Waals surface area contributed by atoms with Gasteiger partial charge in [0.05, 0.1) is 17.5 Å². The average Bonchev–Trinajstić information content (AvgIpc) is 2.68. The highest BCUT2D eigenvalue weighted by molar-refractivity contribution is 7.89. The van der Waals surface area contributed by atoms with Crippen LogP contribution in [0.1, 0.15) is 23.6 Å². The summed E-state index contributed by atoms with van der Waals surface area (Å²) >= 11 is 0. The van der Waals surface area contributed by atoms with E-state index in [0.29, 0.717) is 31.1 Å². The van der Waals surface area contributed by atoms with E-state index in [4.69, 9.17) is 4.74 Å². The third kappa shape index (κ3) is 3.15. The molecule has 6 nitrogen and oxygen atoms in total. The van der Waals surface area contributed by atoms with Crippen molar-refractivity contribution in [1.29, 1.82) is 0 Å². The number of hydrogen-bond acceptors (Lipinski definition) is 5. The van der Waals surface area contributed by atoms with E-state index in [9.17, 15) is 8.42 Å². The molecule has 2 aromatic rings. The number of rotatable bonds is 3. The fourth-order valence-corrected chi connectivity index (χ4v) is 5.13. The largest absolute Gasteiger partial charge is 0.493 e. The Balaban J connectivity index is 1.70. The Morgan fingerprint density at radius 2 is 2.20 bits per heavy atom. The monoisotopic (exact) mass is 359 g/mol. The molecule has 0 radical (unpaired) electrons. The van der Waals surface area contributed by atoms with Crippen molar-refractivity contribution >= 4 is 10.0 Å². The molecule has 0 saturated carbocycles. The molecular formula is C18H21N3O3S. The van der Waals surface area contributed by atoms with Crippen molar-refractivity contribution < 1.29 is 13.2 Å². The lowest BCUT2D eigenvalue weighted by Gasteiger charge is -2.35. The zero-order valence-corrected chi connectivity index (χ0v) is 14.7. The zero-order valence-electron chi connectivity index (χ0n) is 13.9. The third-order valence-electron chi connectivity index (χ3n) is 4.75. The Morgan fingerprint density at radius 1 is 1.28 bits per heavy atom. The van der Waals surface area contributed by atoms with Gasteiger partial charge in [0.15, 0.2) is 0 Å². The van der Waals surface area contributed by atoms with E-state index >= 15 is 0 Å². The number of aryl methyl sites for hydroxylation is 1. The number of sulfonamides is 1. The molecule has 0 amide bonds. The van der Waals surface area contributed by atoms with Crippen molar-refractivity contribution in [1.82, 2.24) is 14.6 Å². The van der Waals surface area contributed by atoms with Crippen LogP contribution in [0.2, 0.25) is 0 Å². The Morgan fingerprint density at radius 3 is 3.04 bits per heavy atom. The van der Waals surface area contributed by atoms with Gasteiger partial charge in [0.25, 0.3) is 0 Å². The first-order valence-electron chi connectivity index (χ1n) is 8.54. The predicted octanol–water partition coefficient (Wildman–Crippen LogP) is 1.74. The van der Waals surface area contributed by atoms with Gasteiger partial charge in [0.1, 0.15) is 5.75 Å². The number of pyridine rings is 1. The minimum Gasteiger partial charge on any atom is -0.493 e. The summed E-state index contributed by atoms with van der Waals surface area (Å²) in [5.74, 6) is 0.800. The quantitative estimate of drug-likeness (QED) is 0.904. The predicted molar refractivity (Wildman–Crippen MR) is 94.0 cm³/mol. The number of benzene rings is 1. The van der Waals surface area contributed by atoms with E-state index in [1.54, 1.807) is 34.9 Å². The molecule has 1 fully saturated rings. The first kappa shape index (κ1) is 16.5. The third-order valence-corrected chi connectivity index (χ3v) is 6.65. The number of hydrogen-bond donors (Lipinski definition) is 1. The first-order valence-corrected chi connectivity index (χ1v) is 9.98. The Labute approximate surface area is 147 Å². The summed E-state index contributed by atoms with van der Waals surface area (Å²) in [5, 5.41) is 3.28. The molecule has 0 spiro atoms. The minimum atomic E-state index is -3.58. The maximum absolute atomic E-state index is 13.3. The molecule has 1 aromatic carbocycles. The van der Waals surface area contributed by atoms with Gasteiger partial charge >= 0.3 is 0 Å². The molecule has 0 aliphatic carbocycles. The second kappa shape index (κ2) is 6.74. The van der Waals surface area contributed by atoms with E-state index in [1.807, 2.05) is 12.1 Å². The molecule has 2 aliphatic heterocycles. The van der Waals surface area contributed by atoms with Crippen molar-refractivity contribution in [2.24, 2.45) is 0 Å². The number of piperazine rings is 1. The molecule has 1 N–H and O–H groups in total. The highest BCUT2D eigenvalue weighted by Crippen LogP contribution is 2.32. The SMILES string of the molecule is O=S(=O)(c1ccc2c(c1)CCCO2)N1CCNCC1c1cccnc1. The lowest BCUT2D eigenvalue weighted by atomic mass is 10.1. The molecule has 3 heterocycles. The van der Waals surface area contributed by atoms with E-state index in [-0.39, 0.29) is 6.04 Å². The topological polar surface area (TPSA) is 71.5 Å². The highest BCUT2D eigenvalue weighted by Gasteiger charge is 2.35. The summed E-state index contributed by atoms with van der Waals surface area (Å²) in [7, 11) is -3.58. The van der Waals surface area contributed by atoms with Gasteiger partial charge in [0, 0.05) is 32.0 Å². The fourth-order valence-electron chi connectivity index (χ4n) is 3.46. The number of aromatic nitrogens is 1. The fraction of sp³-hybridized carbons (Fsp3) is 0.389. The number of ether oxygens (including phenoxy) is 1. The molecule has 1 aromatic heterocycles. The van der Waals surface area contributed by atoms with Gasteiger partial charge in [-0.15, -0.1) is 0 Å². The summed E-state index contributed by atoms with van der Waals surface area (Å²) in [6.45, 7) is 2.36. The van der Waals surface area contributed by atoms with Crippen molar-refractivity contribution in [2.75, 3.05) is 26.2 Å². The first-order chi connectivity index (χ1) is 12.2. The molecule has 132 valence electrons. The molecule has 7 heteroatoms. The number of fused-ring (bicyclic) bond motifs is 1. The van der Waals surface area contributed by atoms with Crippen LogP contribution in [0.15, 0.2) is 47.6 Å². The average molecular weight is 359 g/mol. The van der Waals surface area contributed by atoms with E-state index in [2.05, 4.69) is 10.3 Å². The van der Waals surface area contributed by atoms with E-state index in [0.717, 1.165) is 29.7 Å². The van der Waals surface area contributed by atoms with Gasteiger partial charge in [-0.05, 0) is 48.2 Å². The van der Waals surface area contributed by atoms with Crippen LogP contribution >= 0.6 is 0 Å². The van der Waals surface area contributed by atoms with E-state index < -0.39 is 10.0 Å². The lowest BCUT2D eigenvalue weighted by Crippen LogP contribution is -2.48. The maximum atomic E-state index is 13.3. The second-order valence-corrected chi connectivity index (χ2v) is 8.23. The van der Waals surface area contributed by atoms with Crippen LogP contribution in [0.25, 0.3) is 0 Å². The van der Waals surface area contributed by atoms with Crippen LogP contribution < -0.4 is 10.1 Å². The summed E-state index contributed by atoms with van der Waals surface area (Å²) in [5.41, 5.74) is 1.87.